The van der Waals surface area contributed by atoms with Crippen LogP contribution in [0.5, 0.6) is 0 Å². The topological polar surface area (TPSA) is 105 Å². The monoisotopic (exact) mass is 430 g/mol. The lowest BCUT2D eigenvalue weighted by molar-refractivity contribution is -0.162. The van der Waals surface area contributed by atoms with Crippen LogP contribution >= 0.6 is 0 Å². The molecule has 0 fully saturated rings. The van der Waals surface area contributed by atoms with Gasteiger partial charge in [0.05, 0.1) is 26.4 Å². The normalized spacial score (nSPS) is 12.2. The van der Waals surface area contributed by atoms with Gasteiger partial charge >= 0.3 is 11.9 Å². The molecule has 0 radical (unpaired) electrons. The van der Waals surface area contributed by atoms with E-state index in [0.29, 0.717) is 0 Å². The van der Waals surface area contributed by atoms with Gasteiger partial charge in [0.15, 0.2) is 11.6 Å². The molecule has 8 nitrogen and oxygen atoms in total. The molecular weight excluding hydrogens is 392 g/mol. The number of carbonyl (C=O) groups excluding carboxylic acids is 4. The van der Waals surface area contributed by atoms with E-state index < -0.39 is 22.8 Å². The van der Waals surface area contributed by atoms with Gasteiger partial charge in [0.2, 0.25) is 0 Å². The molecule has 0 aromatic heterocycles. The molecule has 0 aliphatic heterocycles. The third kappa shape index (κ3) is 8.92. The van der Waals surface area contributed by atoms with Gasteiger partial charge in [0.1, 0.15) is 24.0 Å². The third-order valence-corrected chi connectivity index (χ3v) is 4.60. The van der Waals surface area contributed by atoms with Gasteiger partial charge < -0.3 is 18.9 Å². The number of hydrogen-bond acceptors (Lipinski definition) is 8. The maximum Gasteiger partial charge on any atom is 0.319 e. The Kier molecular flexibility index (Phi) is 12.0. The molecule has 8 heteroatoms. The molecule has 0 aliphatic carbocycles. The lowest BCUT2D eigenvalue weighted by Crippen LogP contribution is -2.38. The minimum absolute atomic E-state index is 0.0458. The molecule has 0 aliphatic rings. The molecule has 0 bridgehead atoms. The summed E-state index contributed by atoms with van der Waals surface area (Å²) in [5, 5.41) is 0. The van der Waals surface area contributed by atoms with Crippen LogP contribution in [0.2, 0.25) is 0 Å². The number of esters is 2. The first-order chi connectivity index (χ1) is 13.8. The number of Topliss-reactive ketones (excluding diaryl/α,β-unsaturated/α-hetero) is 2. The van der Waals surface area contributed by atoms with Crippen LogP contribution in [0.3, 0.4) is 0 Å². The van der Waals surface area contributed by atoms with Crippen LogP contribution in [-0.4, -0.2) is 63.1 Å². The van der Waals surface area contributed by atoms with Crippen LogP contribution in [0.4, 0.5) is 0 Å². The molecule has 0 atom stereocenters. The first kappa shape index (κ1) is 28.2. The maximum atomic E-state index is 12.0. The number of hydrogen-bond donors (Lipinski definition) is 0. The lowest BCUT2D eigenvalue weighted by Gasteiger charge is -2.23. The predicted octanol–water partition coefficient (Wildman–Crippen LogP) is 2.61. The molecule has 0 aromatic carbocycles. The first-order valence-corrected chi connectivity index (χ1v) is 10.3. The number of ketones is 2. The zero-order chi connectivity index (χ0) is 23.5. The summed E-state index contributed by atoms with van der Waals surface area (Å²) in [7, 11) is 0. The van der Waals surface area contributed by atoms with E-state index in [2.05, 4.69) is 0 Å². The summed E-state index contributed by atoms with van der Waals surface area (Å²) in [5.41, 5.74) is -2.36. The van der Waals surface area contributed by atoms with Gasteiger partial charge in [0, 0.05) is 11.8 Å². The Bertz CT molecular complexity index is 538. The van der Waals surface area contributed by atoms with Crippen LogP contribution < -0.4 is 0 Å². The van der Waals surface area contributed by atoms with Gasteiger partial charge in [-0.3, -0.25) is 19.2 Å². The highest BCUT2D eigenvalue weighted by Crippen LogP contribution is 2.24. The molecule has 174 valence electrons. The average molecular weight is 431 g/mol. The minimum Gasteiger partial charge on any atom is -0.463 e. The molecule has 0 rings (SSSR count). The Morgan fingerprint density at radius 1 is 0.567 bits per heavy atom. The third-order valence-electron chi connectivity index (χ3n) is 4.60. The van der Waals surface area contributed by atoms with E-state index >= 15 is 0 Å². The quantitative estimate of drug-likeness (QED) is 0.222. The Balaban J connectivity index is 3.88. The maximum absolute atomic E-state index is 12.0. The van der Waals surface area contributed by atoms with Crippen LogP contribution in [-0.2, 0) is 38.1 Å². The van der Waals surface area contributed by atoms with Crippen molar-refractivity contribution in [2.45, 2.75) is 55.4 Å². The largest absolute Gasteiger partial charge is 0.463 e. The summed E-state index contributed by atoms with van der Waals surface area (Å²) in [5.74, 6) is -1.97. The van der Waals surface area contributed by atoms with Crippen molar-refractivity contribution in [1.29, 1.82) is 0 Å². The van der Waals surface area contributed by atoms with Crippen molar-refractivity contribution in [3.63, 3.8) is 0 Å². The molecule has 0 aromatic rings. The smallest absolute Gasteiger partial charge is 0.319 e. The summed E-state index contributed by atoms with van der Waals surface area (Å²) in [6.07, 6.45) is 0. The van der Waals surface area contributed by atoms with Crippen molar-refractivity contribution < 1.29 is 38.1 Å². The minimum atomic E-state index is -1.18. The van der Waals surface area contributed by atoms with Gasteiger partial charge in [-0.15, -0.1) is 0 Å². The van der Waals surface area contributed by atoms with Crippen molar-refractivity contribution in [3.05, 3.63) is 0 Å². The fourth-order valence-electron chi connectivity index (χ4n) is 2.71. The lowest BCUT2D eigenvalue weighted by atomic mass is 9.82. The molecule has 0 saturated heterocycles. The van der Waals surface area contributed by atoms with E-state index in [1.807, 2.05) is 0 Å². The molecule has 0 unspecified atom stereocenters. The summed E-state index contributed by atoms with van der Waals surface area (Å²) in [6.45, 7) is 14.2. The van der Waals surface area contributed by atoms with Crippen LogP contribution in [0.1, 0.15) is 55.4 Å². The highest BCUT2D eigenvalue weighted by molar-refractivity contribution is 6.04. The van der Waals surface area contributed by atoms with Crippen molar-refractivity contribution in [2.75, 3.05) is 39.6 Å². The van der Waals surface area contributed by atoms with Crippen molar-refractivity contribution in [3.8, 4) is 0 Å². The molecule has 0 heterocycles. The molecular formula is C22H38O8. The van der Waals surface area contributed by atoms with Gasteiger partial charge in [-0.25, -0.2) is 0 Å². The van der Waals surface area contributed by atoms with Gasteiger partial charge in [0.25, 0.3) is 0 Å². The van der Waals surface area contributed by atoms with Crippen molar-refractivity contribution in [2.24, 2.45) is 22.7 Å². The van der Waals surface area contributed by atoms with Gasteiger partial charge in [-0.2, -0.15) is 0 Å². The zero-order valence-corrected chi connectivity index (χ0v) is 19.7. The highest BCUT2D eigenvalue weighted by atomic mass is 16.6. The van der Waals surface area contributed by atoms with E-state index in [4.69, 9.17) is 18.9 Å². The fraction of sp³-hybridized carbons (Fsp3) is 0.818. The summed E-state index contributed by atoms with van der Waals surface area (Å²) < 4.78 is 20.8. The van der Waals surface area contributed by atoms with E-state index in [0.717, 1.165) is 0 Å². The summed E-state index contributed by atoms with van der Waals surface area (Å²) >= 11 is 0. The summed E-state index contributed by atoms with van der Waals surface area (Å²) in [4.78, 5) is 48.1. The van der Waals surface area contributed by atoms with Gasteiger partial charge in [-0.05, 0) is 27.7 Å². The fourth-order valence-corrected chi connectivity index (χ4v) is 2.71. The number of rotatable bonds is 15. The molecule has 0 saturated carbocycles. The predicted molar refractivity (Wildman–Crippen MR) is 111 cm³/mol. The van der Waals surface area contributed by atoms with Gasteiger partial charge in [-0.1, -0.05) is 27.7 Å². The number of ether oxygens (including phenoxy) is 4. The Hall–Kier alpha value is -1.80. The molecule has 0 spiro atoms. The average Bonchev–Trinajstić information content (AvgIpc) is 2.67. The molecule has 0 N–H and O–H groups in total. The molecule has 30 heavy (non-hydrogen) atoms. The van der Waals surface area contributed by atoms with E-state index in [9.17, 15) is 19.2 Å². The van der Waals surface area contributed by atoms with Crippen molar-refractivity contribution >= 4 is 23.5 Å². The van der Waals surface area contributed by atoms with Crippen LogP contribution in [0, 0.1) is 22.7 Å². The second-order valence-electron chi connectivity index (χ2n) is 8.78. The SMILES string of the molecule is CC(C)C(=O)C(C)(C)C(=O)OCCOCCOCCOC(=O)C(C)(C)C(=O)C(C)C. The first-order valence-electron chi connectivity index (χ1n) is 10.3. The second-order valence-corrected chi connectivity index (χ2v) is 8.78. The Labute approximate surface area is 180 Å². The highest BCUT2D eigenvalue weighted by Gasteiger charge is 2.39. The van der Waals surface area contributed by atoms with Crippen LogP contribution in [0.25, 0.3) is 0 Å². The Morgan fingerprint density at radius 2 is 0.833 bits per heavy atom. The van der Waals surface area contributed by atoms with Crippen molar-refractivity contribution in [1.82, 2.24) is 0 Å². The summed E-state index contributed by atoms with van der Waals surface area (Å²) in [6, 6.07) is 0. The zero-order valence-electron chi connectivity index (χ0n) is 19.7. The van der Waals surface area contributed by atoms with E-state index in [-0.39, 0.29) is 63.0 Å². The second kappa shape index (κ2) is 12.8. The van der Waals surface area contributed by atoms with Crippen LogP contribution in [0.15, 0.2) is 0 Å². The Morgan fingerprint density at radius 3 is 1.10 bits per heavy atom. The number of carbonyl (C=O) groups is 4. The van der Waals surface area contributed by atoms with E-state index in [1.165, 1.54) is 0 Å². The molecule has 0 amide bonds. The van der Waals surface area contributed by atoms with E-state index in [1.54, 1.807) is 55.4 Å². The standard InChI is InChI=1S/C22H38O8/c1-15(2)17(23)21(5,6)19(25)29-13-11-27-9-10-28-12-14-30-20(26)22(7,8)18(24)16(3)4/h15-16H,9-14H2,1-8H3.